The van der Waals surface area contributed by atoms with Gasteiger partial charge in [0.1, 0.15) is 6.54 Å². The van der Waals surface area contributed by atoms with Gasteiger partial charge in [-0.2, -0.15) is 0 Å². The van der Waals surface area contributed by atoms with E-state index in [0.717, 1.165) is 37.9 Å². The molecule has 0 unspecified atom stereocenters. The standard InChI is InChI=1S/C18H37N5O/c1-15(2)13-20-18(21-14-17(24)22(4)5)19-9-6-10-23-11-7-16(3)8-12-23/h15-16H,6-14H2,1-5H3,(H2,19,20,21). The summed E-state index contributed by atoms with van der Waals surface area (Å²) in [4.78, 5) is 20.2. The molecule has 0 radical (unpaired) electrons. The van der Waals surface area contributed by atoms with E-state index in [2.05, 4.69) is 41.3 Å². The van der Waals surface area contributed by atoms with Crippen molar-refractivity contribution in [2.24, 2.45) is 16.8 Å². The van der Waals surface area contributed by atoms with Gasteiger partial charge in [0.25, 0.3) is 0 Å². The second-order valence-corrected chi connectivity index (χ2v) is 7.53. The molecule has 0 atom stereocenters. The van der Waals surface area contributed by atoms with E-state index in [4.69, 9.17) is 0 Å². The number of piperidine rings is 1. The molecule has 0 aromatic carbocycles. The number of amides is 1. The molecule has 1 saturated heterocycles. The number of likely N-dealkylation sites (N-methyl/N-ethyl adjacent to an activating group) is 1. The number of likely N-dealkylation sites (tertiary alicyclic amines) is 1. The highest BCUT2D eigenvalue weighted by molar-refractivity contribution is 5.84. The lowest BCUT2D eigenvalue weighted by atomic mass is 9.99. The molecule has 0 saturated carbocycles. The summed E-state index contributed by atoms with van der Waals surface area (Å²) in [6, 6.07) is 0. The third kappa shape index (κ3) is 9.11. The summed E-state index contributed by atoms with van der Waals surface area (Å²) in [7, 11) is 3.51. The molecule has 6 heteroatoms. The van der Waals surface area contributed by atoms with Crippen LogP contribution < -0.4 is 10.6 Å². The molecule has 1 heterocycles. The molecule has 0 spiro atoms. The van der Waals surface area contributed by atoms with Crippen LogP contribution in [0, 0.1) is 11.8 Å². The fraction of sp³-hybridized carbons (Fsp3) is 0.889. The third-order valence-corrected chi connectivity index (χ3v) is 4.37. The number of carbonyl (C=O) groups is 1. The second kappa shape index (κ2) is 11.3. The number of hydrogen-bond acceptors (Lipinski definition) is 3. The minimum atomic E-state index is 0.0167. The molecule has 140 valence electrons. The zero-order valence-electron chi connectivity index (χ0n) is 16.3. The van der Waals surface area contributed by atoms with E-state index < -0.39 is 0 Å². The summed E-state index contributed by atoms with van der Waals surface area (Å²) in [5.41, 5.74) is 0. The van der Waals surface area contributed by atoms with Gasteiger partial charge in [-0.15, -0.1) is 0 Å². The maximum Gasteiger partial charge on any atom is 0.243 e. The zero-order chi connectivity index (χ0) is 17.9. The molecule has 1 rings (SSSR count). The van der Waals surface area contributed by atoms with Gasteiger partial charge in [-0.25, -0.2) is 4.99 Å². The normalized spacial score (nSPS) is 17.2. The largest absolute Gasteiger partial charge is 0.356 e. The highest BCUT2D eigenvalue weighted by Gasteiger charge is 2.14. The molecule has 0 aromatic heterocycles. The molecule has 2 N–H and O–H groups in total. The lowest BCUT2D eigenvalue weighted by molar-refractivity contribution is -0.127. The van der Waals surface area contributed by atoms with Crippen LogP contribution in [0.15, 0.2) is 4.99 Å². The van der Waals surface area contributed by atoms with E-state index in [1.165, 1.54) is 25.9 Å². The first-order valence-electron chi connectivity index (χ1n) is 9.33. The van der Waals surface area contributed by atoms with Gasteiger partial charge in [0.15, 0.2) is 5.96 Å². The van der Waals surface area contributed by atoms with Crippen LogP contribution >= 0.6 is 0 Å². The number of hydrogen-bond donors (Lipinski definition) is 2. The van der Waals surface area contributed by atoms with Gasteiger partial charge in [-0.05, 0) is 50.7 Å². The summed E-state index contributed by atoms with van der Waals surface area (Å²) in [6.07, 6.45) is 3.74. The Labute approximate surface area is 148 Å². The minimum absolute atomic E-state index is 0.0167. The smallest absolute Gasteiger partial charge is 0.243 e. The minimum Gasteiger partial charge on any atom is -0.356 e. The number of nitrogens with zero attached hydrogens (tertiary/aromatic N) is 3. The van der Waals surface area contributed by atoms with Crippen LogP contribution in [-0.4, -0.2) is 75.0 Å². The first-order valence-corrected chi connectivity index (χ1v) is 9.33. The van der Waals surface area contributed by atoms with E-state index in [9.17, 15) is 4.79 Å². The second-order valence-electron chi connectivity index (χ2n) is 7.53. The average molecular weight is 340 g/mol. The van der Waals surface area contributed by atoms with Crippen LogP contribution in [0.4, 0.5) is 0 Å². The van der Waals surface area contributed by atoms with E-state index in [1.807, 2.05) is 0 Å². The molecule has 1 aliphatic heterocycles. The van der Waals surface area contributed by atoms with Crippen molar-refractivity contribution < 1.29 is 4.79 Å². The summed E-state index contributed by atoms with van der Waals surface area (Å²) in [5, 5.41) is 6.67. The summed E-state index contributed by atoms with van der Waals surface area (Å²) in [5.74, 6) is 2.18. The van der Waals surface area contributed by atoms with E-state index in [1.54, 1.807) is 19.0 Å². The summed E-state index contributed by atoms with van der Waals surface area (Å²) < 4.78 is 0. The Morgan fingerprint density at radius 1 is 1.25 bits per heavy atom. The van der Waals surface area contributed by atoms with Crippen LogP contribution in [-0.2, 0) is 4.79 Å². The maximum absolute atomic E-state index is 11.7. The maximum atomic E-state index is 11.7. The van der Waals surface area contributed by atoms with Crippen molar-refractivity contribution in [1.29, 1.82) is 0 Å². The topological polar surface area (TPSA) is 60.0 Å². The Hall–Kier alpha value is -1.30. The summed E-state index contributed by atoms with van der Waals surface area (Å²) in [6.45, 7) is 12.2. The predicted molar refractivity (Wildman–Crippen MR) is 101 cm³/mol. The van der Waals surface area contributed by atoms with Gasteiger partial charge in [-0.1, -0.05) is 20.8 Å². The molecular weight excluding hydrogens is 302 g/mol. The molecule has 0 bridgehead atoms. The molecule has 0 aliphatic carbocycles. The van der Waals surface area contributed by atoms with Crippen molar-refractivity contribution in [2.75, 3.05) is 53.4 Å². The highest BCUT2D eigenvalue weighted by atomic mass is 16.2. The molecule has 0 aromatic rings. The molecule has 24 heavy (non-hydrogen) atoms. The highest BCUT2D eigenvalue weighted by Crippen LogP contribution is 2.15. The zero-order valence-corrected chi connectivity index (χ0v) is 16.3. The van der Waals surface area contributed by atoms with Gasteiger partial charge >= 0.3 is 0 Å². The van der Waals surface area contributed by atoms with Crippen molar-refractivity contribution in [3.63, 3.8) is 0 Å². The van der Waals surface area contributed by atoms with Crippen molar-refractivity contribution in [1.82, 2.24) is 20.4 Å². The Bertz CT molecular complexity index is 387. The van der Waals surface area contributed by atoms with Crippen LogP contribution in [0.25, 0.3) is 0 Å². The van der Waals surface area contributed by atoms with Crippen LogP contribution in [0.1, 0.15) is 40.0 Å². The van der Waals surface area contributed by atoms with Crippen LogP contribution in [0.5, 0.6) is 0 Å². The van der Waals surface area contributed by atoms with Crippen molar-refractivity contribution in [3.8, 4) is 0 Å². The lowest BCUT2D eigenvalue weighted by Crippen LogP contribution is -2.41. The number of nitrogens with one attached hydrogen (secondary N) is 2. The Balaban J connectivity index is 2.32. The number of aliphatic imine (C=N–C) groups is 1. The first-order chi connectivity index (χ1) is 11.4. The number of guanidine groups is 1. The monoisotopic (exact) mass is 339 g/mol. The molecule has 1 amide bonds. The fourth-order valence-electron chi connectivity index (χ4n) is 2.56. The summed E-state index contributed by atoms with van der Waals surface area (Å²) >= 11 is 0. The Morgan fingerprint density at radius 3 is 2.50 bits per heavy atom. The fourth-order valence-corrected chi connectivity index (χ4v) is 2.56. The van der Waals surface area contributed by atoms with Gasteiger partial charge in [0, 0.05) is 27.2 Å². The van der Waals surface area contributed by atoms with E-state index in [0.29, 0.717) is 5.92 Å². The lowest BCUT2D eigenvalue weighted by Gasteiger charge is -2.30. The van der Waals surface area contributed by atoms with E-state index in [-0.39, 0.29) is 12.5 Å². The van der Waals surface area contributed by atoms with Gasteiger partial charge < -0.3 is 20.4 Å². The molecule has 1 aliphatic rings. The Morgan fingerprint density at radius 2 is 1.92 bits per heavy atom. The third-order valence-electron chi connectivity index (χ3n) is 4.37. The van der Waals surface area contributed by atoms with Crippen molar-refractivity contribution in [3.05, 3.63) is 0 Å². The molecule has 1 fully saturated rings. The number of carbonyl (C=O) groups excluding carboxylic acids is 1. The van der Waals surface area contributed by atoms with Crippen molar-refractivity contribution in [2.45, 2.75) is 40.0 Å². The quantitative estimate of drug-likeness (QED) is 0.399. The van der Waals surface area contributed by atoms with Gasteiger partial charge in [-0.3, -0.25) is 4.79 Å². The average Bonchev–Trinajstić information content (AvgIpc) is 2.54. The predicted octanol–water partition coefficient (Wildman–Crippen LogP) is 1.39. The first kappa shape index (κ1) is 20.7. The SMILES string of the molecule is CC(C)CNC(=NCC(=O)N(C)C)NCCCN1CCC(C)CC1. The van der Waals surface area contributed by atoms with Crippen molar-refractivity contribution >= 4 is 11.9 Å². The Kier molecular flexibility index (Phi) is 9.76. The van der Waals surface area contributed by atoms with E-state index >= 15 is 0 Å². The molecular formula is C18H37N5O. The number of rotatable bonds is 8. The van der Waals surface area contributed by atoms with Gasteiger partial charge in [0.2, 0.25) is 5.91 Å². The van der Waals surface area contributed by atoms with Crippen LogP contribution in [0.3, 0.4) is 0 Å². The van der Waals surface area contributed by atoms with Gasteiger partial charge in [0.05, 0.1) is 0 Å². The van der Waals surface area contributed by atoms with Crippen LogP contribution in [0.2, 0.25) is 0 Å². The molecule has 6 nitrogen and oxygen atoms in total.